The van der Waals surface area contributed by atoms with E-state index >= 15 is 0 Å². The minimum absolute atomic E-state index is 0.124. The fourth-order valence-corrected chi connectivity index (χ4v) is 8.52. The van der Waals surface area contributed by atoms with Crippen molar-refractivity contribution in [2.24, 2.45) is 5.92 Å². The number of amides is 1. The number of rotatable bonds is 6. The molecule has 1 aromatic carbocycles. The third-order valence-corrected chi connectivity index (χ3v) is 11.7. The lowest BCUT2D eigenvalue weighted by molar-refractivity contribution is -0.127. The van der Waals surface area contributed by atoms with Gasteiger partial charge in [0.05, 0.1) is 40.0 Å². The Morgan fingerprint density at radius 3 is 2.45 bits per heavy atom. The SMILES string of the molecule is N#CC1(NC(=O)C2CCC(Cl)(Cl)C[C@H]2c2nc(-c3ccc(F)cn3)sc2-c2ccc(N3CCS(=O)(=O)CC3)cc2)CC1. The number of nitriles is 1. The minimum Gasteiger partial charge on any atom is -0.369 e. The molecule has 3 aromatic rings. The van der Waals surface area contributed by atoms with Crippen LogP contribution in [0, 0.1) is 23.1 Å². The minimum atomic E-state index is -3.00. The highest BCUT2D eigenvalue weighted by molar-refractivity contribution is 7.91. The molecule has 2 aromatic heterocycles. The average Bonchev–Trinajstić information content (AvgIpc) is 3.59. The number of nitrogens with zero attached hydrogens (tertiary/aromatic N) is 4. The van der Waals surface area contributed by atoms with Gasteiger partial charge in [-0.3, -0.25) is 9.78 Å². The molecule has 2 aliphatic carbocycles. The number of carbonyl (C=O) groups is 1. The molecule has 8 nitrogen and oxygen atoms in total. The molecule has 220 valence electrons. The maximum Gasteiger partial charge on any atom is 0.225 e. The fraction of sp³-hybridized carbons (Fsp3) is 0.448. The van der Waals surface area contributed by atoms with Gasteiger partial charge in [-0.25, -0.2) is 17.8 Å². The number of aromatic nitrogens is 2. The van der Waals surface area contributed by atoms with E-state index in [2.05, 4.69) is 16.4 Å². The summed E-state index contributed by atoms with van der Waals surface area (Å²) in [7, 11) is -3.00. The molecule has 2 atom stereocenters. The Labute approximate surface area is 257 Å². The van der Waals surface area contributed by atoms with E-state index in [1.807, 2.05) is 29.2 Å². The summed E-state index contributed by atoms with van der Waals surface area (Å²) in [5, 5.41) is 13.1. The molecule has 3 aliphatic rings. The lowest BCUT2D eigenvalue weighted by Gasteiger charge is -2.37. The Morgan fingerprint density at radius 1 is 1.12 bits per heavy atom. The Hall–Kier alpha value is -2.78. The summed E-state index contributed by atoms with van der Waals surface area (Å²) in [5.74, 6) is -1.35. The van der Waals surface area contributed by atoms with E-state index in [1.165, 1.54) is 17.4 Å². The van der Waals surface area contributed by atoms with Gasteiger partial charge in [-0.05, 0) is 61.9 Å². The highest BCUT2D eigenvalue weighted by atomic mass is 35.5. The first-order chi connectivity index (χ1) is 20.0. The lowest BCUT2D eigenvalue weighted by Crippen LogP contribution is -2.44. The number of hydrogen-bond donors (Lipinski definition) is 1. The summed E-state index contributed by atoms with van der Waals surface area (Å²) < 4.78 is 36.4. The zero-order valence-electron chi connectivity index (χ0n) is 22.5. The summed E-state index contributed by atoms with van der Waals surface area (Å²) in [6.45, 7) is 0.870. The van der Waals surface area contributed by atoms with Gasteiger partial charge in [-0.15, -0.1) is 34.5 Å². The molecule has 13 heteroatoms. The van der Waals surface area contributed by atoms with E-state index in [4.69, 9.17) is 28.2 Å². The maximum atomic E-state index is 13.7. The van der Waals surface area contributed by atoms with Crippen LogP contribution in [0.25, 0.3) is 21.1 Å². The van der Waals surface area contributed by atoms with Gasteiger partial charge in [-0.2, -0.15) is 5.26 Å². The summed E-state index contributed by atoms with van der Waals surface area (Å²) in [5.41, 5.74) is 2.13. The molecule has 1 amide bonds. The summed E-state index contributed by atoms with van der Waals surface area (Å²) in [6.07, 6.45) is 3.54. The maximum absolute atomic E-state index is 13.7. The van der Waals surface area contributed by atoms with Crippen molar-refractivity contribution in [1.29, 1.82) is 5.26 Å². The highest BCUT2D eigenvalue weighted by Gasteiger charge is 2.49. The molecule has 1 N–H and O–H groups in total. The van der Waals surface area contributed by atoms with E-state index in [1.54, 1.807) is 6.07 Å². The predicted molar refractivity (Wildman–Crippen MR) is 162 cm³/mol. The van der Waals surface area contributed by atoms with Gasteiger partial charge in [0, 0.05) is 30.6 Å². The van der Waals surface area contributed by atoms with E-state index in [9.17, 15) is 22.9 Å². The van der Waals surface area contributed by atoms with Crippen molar-refractivity contribution >= 4 is 56.0 Å². The lowest BCUT2D eigenvalue weighted by atomic mass is 9.75. The Balaban J connectivity index is 1.38. The Bertz CT molecular complexity index is 1640. The molecular formula is C29H28Cl2FN5O3S2. The number of alkyl halides is 2. The second-order valence-corrected chi connectivity index (χ2v) is 16.2. The predicted octanol–water partition coefficient (Wildman–Crippen LogP) is 5.48. The number of benzene rings is 1. The smallest absolute Gasteiger partial charge is 0.225 e. The van der Waals surface area contributed by atoms with Crippen LogP contribution >= 0.6 is 34.5 Å². The second kappa shape index (κ2) is 11.1. The summed E-state index contributed by atoms with van der Waals surface area (Å²) in [4.78, 5) is 25.6. The molecule has 1 saturated heterocycles. The van der Waals surface area contributed by atoms with Crippen LogP contribution in [0.2, 0.25) is 0 Å². The van der Waals surface area contributed by atoms with Crippen molar-refractivity contribution in [3.8, 4) is 27.2 Å². The zero-order chi connectivity index (χ0) is 29.7. The van der Waals surface area contributed by atoms with Crippen LogP contribution in [0.3, 0.4) is 0 Å². The normalized spacial score (nSPS) is 24.0. The van der Waals surface area contributed by atoms with Gasteiger partial charge in [0.1, 0.15) is 20.7 Å². The zero-order valence-corrected chi connectivity index (χ0v) is 25.7. The quantitative estimate of drug-likeness (QED) is 0.352. The molecule has 1 unspecified atom stereocenters. The van der Waals surface area contributed by atoms with Gasteiger partial charge >= 0.3 is 0 Å². The van der Waals surface area contributed by atoms with Crippen LogP contribution in [0.4, 0.5) is 10.1 Å². The van der Waals surface area contributed by atoms with Crippen LogP contribution < -0.4 is 10.2 Å². The molecule has 0 bridgehead atoms. The van der Waals surface area contributed by atoms with Crippen LogP contribution in [0.1, 0.15) is 43.7 Å². The van der Waals surface area contributed by atoms with Gasteiger partial charge in [-0.1, -0.05) is 12.1 Å². The van der Waals surface area contributed by atoms with Gasteiger partial charge in [0.25, 0.3) is 0 Å². The topological polar surface area (TPSA) is 116 Å². The number of sulfone groups is 1. The van der Waals surface area contributed by atoms with Gasteiger partial charge in [0.2, 0.25) is 5.91 Å². The monoisotopic (exact) mass is 647 g/mol. The molecular weight excluding hydrogens is 620 g/mol. The molecule has 6 rings (SSSR count). The first-order valence-corrected chi connectivity index (χ1v) is 17.2. The first kappa shape index (κ1) is 29.3. The average molecular weight is 649 g/mol. The largest absolute Gasteiger partial charge is 0.369 e. The molecule has 3 heterocycles. The van der Waals surface area contributed by atoms with E-state index in [0.717, 1.165) is 22.3 Å². The van der Waals surface area contributed by atoms with Gasteiger partial charge in [0.15, 0.2) is 9.84 Å². The number of pyridine rings is 1. The number of hydrogen-bond acceptors (Lipinski definition) is 8. The van der Waals surface area contributed by atoms with E-state index < -0.39 is 37.4 Å². The second-order valence-electron chi connectivity index (χ2n) is 11.3. The number of nitrogens with one attached hydrogen (secondary N) is 1. The fourth-order valence-electron chi connectivity index (χ4n) is 5.65. The standard InChI is InChI=1S/C29H28Cl2FN5O3S2/c30-29(31)8-7-21(26(38)36-28(17-33)9-10-28)22(15-29)24-25(41-27(35-24)23-6-3-19(32)16-34-23)18-1-4-20(5-2-18)37-11-13-42(39,40)14-12-37/h1-6,16,21-22H,7-15H2,(H,36,38)/t21?,22-/m1/s1. The van der Waals surface area contributed by atoms with Gasteiger partial charge < -0.3 is 10.2 Å². The third-order valence-electron chi connectivity index (χ3n) is 8.28. The summed E-state index contributed by atoms with van der Waals surface area (Å²) >= 11 is 14.8. The molecule has 42 heavy (non-hydrogen) atoms. The molecule has 3 fully saturated rings. The third kappa shape index (κ3) is 6.13. The molecule has 2 saturated carbocycles. The van der Waals surface area contributed by atoms with Crippen LogP contribution in [-0.2, 0) is 14.6 Å². The molecule has 0 spiro atoms. The summed E-state index contributed by atoms with van der Waals surface area (Å²) in [6, 6.07) is 12.9. The number of carbonyl (C=O) groups excluding carboxylic acids is 1. The van der Waals surface area contributed by atoms with Crippen molar-refractivity contribution in [3.05, 3.63) is 54.1 Å². The van der Waals surface area contributed by atoms with Crippen molar-refractivity contribution in [2.75, 3.05) is 29.5 Å². The van der Waals surface area contributed by atoms with Crippen LogP contribution in [0.15, 0.2) is 42.6 Å². The van der Waals surface area contributed by atoms with Crippen molar-refractivity contribution in [2.45, 2.75) is 47.9 Å². The van der Waals surface area contributed by atoms with Crippen LogP contribution in [-0.4, -0.2) is 58.8 Å². The van der Waals surface area contributed by atoms with Crippen molar-refractivity contribution < 1.29 is 17.6 Å². The first-order valence-electron chi connectivity index (χ1n) is 13.8. The Morgan fingerprint density at radius 2 is 1.83 bits per heavy atom. The van der Waals surface area contributed by atoms with Crippen molar-refractivity contribution in [1.82, 2.24) is 15.3 Å². The molecule has 1 aliphatic heterocycles. The number of halogens is 3. The number of anilines is 1. The highest BCUT2D eigenvalue weighted by Crippen LogP contribution is 2.51. The van der Waals surface area contributed by atoms with E-state index in [-0.39, 0.29) is 17.4 Å². The Kier molecular flexibility index (Phi) is 7.71. The van der Waals surface area contributed by atoms with Crippen molar-refractivity contribution in [3.63, 3.8) is 0 Å². The van der Waals surface area contributed by atoms with E-state index in [0.29, 0.717) is 61.6 Å². The molecule has 0 radical (unpaired) electrons. The van der Waals surface area contributed by atoms with Crippen LogP contribution in [0.5, 0.6) is 0 Å². The number of thiazole rings is 1.